The highest BCUT2D eigenvalue weighted by Crippen LogP contribution is 2.10. The van der Waals surface area contributed by atoms with E-state index in [0.717, 1.165) is 19.4 Å². The van der Waals surface area contributed by atoms with Crippen molar-refractivity contribution in [1.29, 1.82) is 0 Å². The fourth-order valence-electron chi connectivity index (χ4n) is 2.31. The predicted octanol–water partition coefficient (Wildman–Crippen LogP) is 1.17. The number of hydrogen-bond acceptors (Lipinski definition) is 3. The van der Waals surface area contributed by atoms with Crippen LogP contribution in [0.25, 0.3) is 0 Å². The Morgan fingerprint density at radius 3 is 2.62 bits per heavy atom. The van der Waals surface area contributed by atoms with Crippen molar-refractivity contribution in [2.75, 3.05) is 25.9 Å². The molecule has 0 radical (unpaired) electrons. The third kappa shape index (κ3) is 4.39. The minimum atomic E-state index is -1.03. The summed E-state index contributed by atoms with van der Waals surface area (Å²) in [5, 5.41) is 2.83. The Hall–Kier alpha value is -1.69. The maximum absolute atomic E-state index is 11.9. The number of amides is 2. The number of nitrogens with one attached hydrogen (secondary N) is 1. The van der Waals surface area contributed by atoms with Crippen LogP contribution in [0.4, 0.5) is 0 Å². The molecule has 114 valence electrons. The molecule has 1 aliphatic rings. The highest BCUT2D eigenvalue weighted by atomic mass is 32.2. The molecule has 1 heterocycles. The maximum atomic E-state index is 11.9. The summed E-state index contributed by atoms with van der Waals surface area (Å²) in [6.07, 6.45) is 3.96. The Balaban J connectivity index is 1.74. The van der Waals surface area contributed by atoms with Crippen LogP contribution in [0.15, 0.2) is 29.2 Å². The highest BCUT2D eigenvalue weighted by molar-refractivity contribution is 7.84. The molecule has 1 atom stereocenters. The normalized spacial score (nSPS) is 16.0. The third-order valence-electron chi connectivity index (χ3n) is 3.51. The summed E-state index contributed by atoms with van der Waals surface area (Å²) in [7, 11) is -1.03. The molecule has 0 saturated carbocycles. The van der Waals surface area contributed by atoms with E-state index in [9.17, 15) is 13.8 Å². The van der Waals surface area contributed by atoms with Gasteiger partial charge in [0.25, 0.3) is 5.91 Å². The van der Waals surface area contributed by atoms with Gasteiger partial charge < -0.3 is 10.2 Å². The molecular formula is C15H20N2O3S. The number of hydrogen-bond donors (Lipinski definition) is 1. The van der Waals surface area contributed by atoms with Crippen LogP contribution in [0.2, 0.25) is 0 Å². The monoisotopic (exact) mass is 308 g/mol. The van der Waals surface area contributed by atoms with Crippen molar-refractivity contribution in [1.82, 2.24) is 10.2 Å². The predicted molar refractivity (Wildman–Crippen MR) is 81.5 cm³/mol. The SMILES string of the molecule is CS(=O)c1ccc(C(=O)NCCCN2CCCC2=O)cc1. The van der Waals surface area contributed by atoms with Crippen molar-refractivity contribution in [2.45, 2.75) is 24.2 Å². The molecular weight excluding hydrogens is 288 g/mol. The summed E-state index contributed by atoms with van der Waals surface area (Å²) in [5.41, 5.74) is 0.557. The van der Waals surface area contributed by atoms with Crippen LogP contribution in [0.3, 0.4) is 0 Å². The first-order valence-electron chi connectivity index (χ1n) is 7.07. The Morgan fingerprint density at radius 1 is 1.33 bits per heavy atom. The van der Waals surface area contributed by atoms with E-state index in [1.165, 1.54) is 0 Å². The molecule has 1 aliphatic heterocycles. The van der Waals surface area contributed by atoms with E-state index < -0.39 is 10.8 Å². The van der Waals surface area contributed by atoms with Crippen molar-refractivity contribution in [3.63, 3.8) is 0 Å². The molecule has 0 aliphatic carbocycles. The van der Waals surface area contributed by atoms with E-state index in [4.69, 9.17) is 0 Å². The van der Waals surface area contributed by atoms with Crippen molar-refractivity contribution in [2.24, 2.45) is 0 Å². The van der Waals surface area contributed by atoms with Crippen LogP contribution < -0.4 is 5.32 Å². The van der Waals surface area contributed by atoms with Gasteiger partial charge in [-0.15, -0.1) is 0 Å². The minimum Gasteiger partial charge on any atom is -0.352 e. The van der Waals surface area contributed by atoms with Crippen molar-refractivity contribution < 1.29 is 13.8 Å². The molecule has 1 saturated heterocycles. The van der Waals surface area contributed by atoms with Crippen LogP contribution in [0.1, 0.15) is 29.6 Å². The summed E-state index contributed by atoms with van der Waals surface area (Å²) in [5.74, 6) is 0.0701. The first-order valence-corrected chi connectivity index (χ1v) is 8.63. The van der Waals surface area contributed by atoms with Gasteiger partial charge in [-0.1, -0.05) is 0 Å². The number of rotatable bonds is 6. The van der Waals surface area contributed by atoms with Gasteiger partial charge in [0.15, 0.2) is 0 Å². The lowest BCUT2D eigenvalue weighted by atomic mass is 10.2. The second-order valence-corrected chi connectivity index (χ2v) is 6.45. The summed E-state index contributed by atoms with van der Waals surface area (Å²) < 4.78 is 11.3. The second kappa shape index (κ2) is 7.36. The molecule has 1 aromatic carbocycles. The minimum absolute atomic E-state index is 0.142. The Bertz CT molecular complexity index is 542. The van der Waals surface area contributed by atoms with Gasteiger partial charge in [0.1, 0.15) is 0 Å². The van der Waals surface area contributed by atoms with Crippen LogP contribution >= 0.6 is 0 Å². The molecule has 0 aromatic heterocycles. The largest absolute Gasteiger partial charge is 0.352 e. The standard InChI is InChI=1S/C15H20N2O3S/c1-21(20)13-7-5-12(6-8-13)15(19)16-9-3-11-17-10-2-4-14(17)18/h5-8H,2-4,9-11H2,1H3,(H,16,19). The highest BCUT2D eigenvalue weighted by Gasteiger charge is 2.19. The van der Waals surface area contributed by atoms with E-state index in [-0.39, 0.29) is 11.8 Å². The van der Waals surface area contributed by atoms with Gasteiger partial charge in [-0.25, -0.2) is 0 Å². The van der Waals surface area contributed by atoms with E-state index in [0.29, 0.717) is 30.0 Å². The average Bonchev–Trinajstić information content (AvgIpc) is 2.89. The maximum Gasteiger partial charge on any atom is 0.251 e. The van der Waals surface area contributed by atoms with Crippen molar-refractivity contribution >= 4 is 22.6 Å². The van der Waals surface area contributed by atoms with Crippen molar-refractivity contribution in [3.8, 4) is 0 Å². The number of carbonyl (C=O) groups excluding carboxylic acids is 2. The average molecular weight is 308 g/mol. The summed E-state index contributed by atoms with van der Waals surface area (Å²) >= 11 is 0. The Kier molecular flexibility index (Phi) is 5.50. The summed E-state index contributed by atoms with van der Waals surface area (Å²) in [4.78, 5) is 25.9. The van der Waals surface area contributed by atoms with Crippen LogP contribution in [0.5, 0.6) is 0 Å². The zero-order valence-corrected chi connectivity index (χ0v) is 12.9. The van der Waals surface area contributed by atoms with Gasteiger partial charge in [0.2, 0.25) is 5.91 Å². The first kappa shape index (κ1) is 15.7. The molecule has 6 heteroatoms. The van der Waals surface area contributed by atoms with E-state index in [1.807, 2.05) is 4.90 Å². The van der Waals surface area contributed by atoms with Gasteiger partial charge in [0.05, 0.1) is 0 Å². The van der Waals surface area contributed by atoms with Crippen molar-refractivity contribution in [3.05, 3.63) is 29.8 Å². The zero-order valence-electron chi connectivity index (χ0n) is 12.1. The second-order valence-electron chi connectivity index (χ2n) is 5.07. The molecule has 0 spiro atoms. The molecule has 2 amide bonds. The van der Waals surface area contributed by atoms with Crippen LogP contribution in [-0.2, 0) is 15.6 Å². The van der Waals surface area contributed by atoms with Crippen LogP contribution in [-0.4, -0.2) is 46.8 Å². The number of benzene rings is 1. The quantitative estimate of drug-likeness (QED) is 0.802. The fourth-order valence-corrected chi connectivity index (χ4v) is 2.83. The molecule has 21 heavy (non-hydrogen) atoms. The van der Waals surface area contributed by atoms with Crippen LogP contribution in [0, 0.1) is 0 Å². The number of carbonyl (C=O) groups is 2. The topological polar surface area (TPSA) is 66.5 Å². The van der Waals surface area contributed by atoms with E-state index in [2.05, 4.69) is 5.32 Å². The van der Waals surface area contributed by atoms with Gasteiger partial charge in [-0.3, -0.25) is 13.8 Å². The first-order chi connectivity index (χ1) is 10.1. The number of nitrogens with zero attached hydrogens (tertiary/aromatic N) is 1. The molecule has 1 fully saturated rings. The molecule has 0 bridgehead atoms. The molecule has 1 N–H and O–H groups in total. The van der Waals surface area contributed by atoms with Gasteiger partial charge >= 0.3 is 0 Å². The molecule has 5 nitrogen and oxygen atoms in total. The lowest BCUT2D eigenvalue weighted by molar-refractivity contribution is -0.127. The summed E-state index contributed by atoms with van der Waals surface area (Å²) in [6.45, 7) is 2.08. The molecule has 2 rings (SSSR count). The Labute approximate surface area is 127 Å². The molecule has 1 aromatic rings. The van der Waals surface area contributed by atoms with E-state index >= 15 is 0 Å². The zero-order chi connectivity index (χ0) is 15.2. The molecule has 1 unspecified atom stereocenters. The lowest BCUT2D eigenvalue weighted by Crippen LogP contribution is -2.30. The number of likely N-dealkylation sites (tertiary alicyclic amines) is 1. The van der Waals surface area contributed by atoms with Gasteiger partial charge in [-0.2, -0.15) is 0 Å². The van der Waals surface area contributed by atoms with Gasteiger partial charge in [-0.05, 0) is 37.1 Å². The fraction of sp³-hybridized carbons (Fsp3) is 0.467. The lowest BCUT2D eigenvalue weighted by Gasteiger charge is -2.15. The smallest absolute Gasteiger partial charge is 0.251 e. The Morgan fingerprint density at radius 2 is 2.05 bits per heavy atom. The summed E-state index contributed by atoms with van der Waals surface area (Å²) in [6, 6.07) is 6.76. The van der Waals surface area contributed by atoms with Gasteiger partial charge in [0, 0.05) is 53.6 Å². The van der Waals surface area contributed by atoms with E-state index in [1.54, 1.807) is 30.5 Å². The third-order valence-corrected chi connectivity index (χ3v) is 4.45.